The minimum atomic E-state index is -0.824. The zero-order chi connectivity index (χ0) is 15.1. The van der Waals surface area contributed by atoms with Gasteiger partial charge in [-0.3, -0.25) is 9.59 Å². The first-order valence-corrected chi connectivity index (χ1v) is 6.45. The average molecular weight is 308 g/mol. The van der Waals surface area contributed by atoms with Gasteiger partial charge in [0.2, 0.25) is 0 Å². The van der Waals surface area contributed by atoms with E-state index in [0.717, 1.165) is 17.0 Å². The predicted molar refractivity (Wildman–Crippen MR) is 73.3 cm³/mol. The Morgan fingerprint density at radius 3 is 2.38 bits per heavy atom. The summed E-state index contributed by atoms with van der Waals surface area (Å²) < 4.78 is 27.4. The van der Waals surface area contributed by atoms with Crippen LogP contribution in [0.5, 0.6) is 0 Å². The second kappa shape index (κ2) is 4.93. The summed E-state index contributed by atoms with van der Waals surface area (Å²) in [6.45, 7) is -0.349. The third-order valence-corrected chi connectivity index (χ3v) is 3.55. The standard InChI is InChI=1S/C15H8ClF2NO2/c16-8-4-5-13-9(6-8)14(20)15(21)19(13)7-10-11(17)2-1-3-12(10)18/h1-6H,7H2. The van der Waals surface area contributed by atoms with Crippen molar-refractivity contribution in [1.29, 1.82) is 0 Å². The Kier molecular flexibility index (Phi) is 3.22. The molecule has 0 bridgehead atoms. The van der Waals surface area contributed by atoms with Crippen molar-refractivity contribution in [3.05, 3.63) is 64.2 Å². The molecule has 2 aromatic carbocycles. The molecule has 21 heavy (non-hydrogen) atoms. The molecule has 1 aliphatic rings. The number of amides is 1. The molecule has 1 aliphatic heterocycles. The number of carbonyl (C=O) groups is 2. The van der Waals surface area contributed by atoms with Gasteiger partial charge in [-0.15, -0.1) is 0 Å². The van der Waals surface area contributed by atoms with Crippen LogP contribution in [0.3, 0.4) is 0 Å². The number of carbonyl (C=O) groups excluding carboxylic acids is 2. The maximum Gasteiger partial charge on any atom is 0.299 e. The number of hydrogen-bond donors (Lipinski definition) is 0. The SMILES string of the molecule is O=C1C(=O)N(Cc2c(F)cccc2F)c2ccc(Cl)cc21. The number of halogens is 3. The lowest BCUT2D eigenvalue weighted by Crippen LogP contribution is -2.30. The quantitative estimate of drug-likeness (QED) is 0.798. The fraction of sp³-hybridized carbons (Fsp3) is 0.0667. The van der Waals surface area contributed by atoms with Gasteiger partial charge in [0, 0.05) is 10.6 Å². The van der Waals surface area contributed by atoms with Crippen molar-refractivity contribution in [2.75, 3.05) is 4.90 Å². The van der Waals surface area contributed by atoms with Crippen LogP contribution in [0, 0.1) is 11.6 Å². The van der Waals surface area contributed by atoms with E-state index in [4.69, 9.17) is 11.6 Å². The van der Waals surface area contributed by atoms with Crippen LogP contribution in [0.2, 0.25) is 5.02 Å². The largest absolute Gasteiger partial charge is 0.300 e. The van der Waals surface area contributed by atoms with Gasteiger partial charge in [0.15, 0.2) is 0 Å². The van der Waals surface area contributed by atoms with Gasteiger partial charge in [0.05, 0.1) is 17.8 Å². The first-order valence-electron chi connectivity index (χ1n) is 6.07. The number of rotatable bonds is 2. The van der Waals surface area contributed by atoms with Crippen LogP contribution in [0.25, 0.3) is 0 Å². The Labute approximate surface area is 123 Å². The Balaban J connectivity index is 2.05. The number of Topliss-reactive ketones (excluding diaryl/α,β-unsaturated/α-hetero) is 1. The molecule has 0 aliphatic carbocycles. The molecule has 0 unspecified atom stereocenters. The van der Waals surface area contributed by atoms with Gasteiger partial charge in [-0.1, -0.05) is 17.7 Å². The van der Waals surface area contributed by atoms with Crippen LogP contribution in [-0.4, -0.2) is 11.7 Å². The lowest BCUT2D eigenvalue weighted by atomic mass is 10.1. The number of benzene rings is 2. The summed E-state index contributed by atoms with van der Waals surface area (Å²) in [5.41, 5.74) is 0.183. The summed E-state index contributed by atoms with van der Waals surface area (Å²) in [7, 11) is 0. The molecule has 0 radical (unpaired) electrons. The summed E-state index contributed by atoms with van der Waals surface area (Å²) in [6.07, 6.45) is 0. The van der Waals surface area contributed by atoms with E-state index in [1.165, 1.54) is 24.3 Å². The fourth-order valence-electron chi connectivity index (χ4n) is 2.27. The first kappa shape index (κ1) is 13.7. The molecule has 0 fully saturated rings. The average Bonchev–Trinajstić information content (AvgIpc) is 2.67. The van der Waals surface area contributed by atoms with Gasteiger partial charge in [-0.25, -0.2) is 8.78 Å². The summed E-state index contributed by atoms with van der Waals surface area (Å²) in [4.78, 5) is 24.9. The highest BCUT2D eigenvalue weighted by Crippen LogP contribution is 2.33. The van der Waals surface area contributed by atoms with Crippen molar-refractivity contribution in [2.45, 2.75) is 6.54 Å². The molecule has 3 rings (SSSR count). The van der Waals surface area contributed by atoms with Crippen molar-refractivity contribution in [3.8, 4) is 0 Å². The number of hydrogen-bond acceptors (Lipinski definition) is 2. The lowest BCUT2D eigenvalue weighted by molar-refractivity contribution is -0.114. The highest BCUT2D eigenvalue weighted by Gasteiger charge is 2.36. The number of anilines is 1. The van der Waals surface area contributed by atoms with Crippen LogP contribution in [0.1, 0.15) is 15.9 Å². The number of ketones is 1. The predicted octanol–water partition coefficient (Wildman–Crippen LogP) is 3.35. The molecular weight excluding hydrogens is 300 g/mol. The van der Waals surface area contributed by atoms with Gasteiger partial charge in [-0.2, -0.15) is 0 Å². The normalized spacial score (nSPS) is 13.8. The van der Waals surface area contributed by atoms with Crippen LogP contribution in [0.4, 0.5) is 14.5 Å². The molecule has 2 aromatic rings. The molecule has 0 aromatic heterocycles. The maximum atomic E-state index is 13.7. The fourth-order valence-corrected chi connectivity index (χ4v) is 2.44. The maximum absolute atomic E-state index is 13.7. The lowest BCUT2D eigenvalue weighted by Gasteiger charge is -2.17. The Morgan fingerprint density at radius 1 is 1.05 bits per heavy atom. The molecule has 0 atom stereocenters. The second-order valence-electron chi connectivity index (χ2n) is 4.58. The molecule has 0 saturated carbocycles. The molecule has 0 N–H and O–H groups in total. The van der Waals surface area contributed by atoms with E-state index >= 15 is 0 Å². The van der Waals surface area contributed by atoms with Gasteiger partial charge in [0.1, 0.15) is 11.6 Å². The Hall–Kier alpha value is -2.27. The third kappa shape index (κ3) is 2.19. The van der Waals surface area contributed by atoms with E-state index in [2.05, 4.69) is 0 Å². The summed E-state index contributed by atoms with van der Waals surface area (Å²) in [5, 5.41) is 0.314. The highest BCUT2D eigenvalue weighted by molar-refractivity contribution is 6.52. The van der Waals surface area contributed by atoms with E-state index in [0.29, 0.717) is 10.7 Å². The van der Waals surface area contributed by atoms with Crippen molar-refractivity contribution in [3.63, 3.8) is 0 Å². The zero-order valence-corrected chi connectivity index (χ0v) is 11.3. The van der Waals surface area contributed by atoms with E-state index in [9.17, 15) is 18.4 Å². The molecular formula is C15H8ClF2NO2. The van der Waals surface area contributed by atoms with Crippen LogP contribution in [0.15, 0.2) is 36.4 Å². The molecule has 1 heterocycles. The van der Waals surface area contributed by atoms with Gasteiger partial charge in [0.25, 0.3) is 11.7 Å². The summed E-state index contributed by atoms with van der Waals surface area (Å²) >= 11 is 5.79. The highest BCUT2D eigenvalue weighted by atomic mass is 35.5. The molecule has 0 spiro atoms. The van der Waals surface area contributed by atoms with Crippen molar-refractivity contribution in [2.24, 2.45) is 0 Å². The summed E-state index contributed by atoms with van der Waals surface area (Å²) in [6, 6.07) is 7.80. The van der Waals surface area contributed by atoms with Crippen molar-refractivity contribution in [1.82, 2.24) is 0 Å². The van der Waals surface area contributed by atoms with Gasteiger partial charge < -0.3 is 4.90 Å². The molecule has 1 amide bonds. The Morgan fingerprint density at radius 2 is 1.71 bits per heavy atom. The van der Waals surface area contributed by atoms with Crippen molar-refractivity contribution >= 4 is 29.0 Å². The number of fused-ring (bicyclic) bond motifs is 1. The zero-order valence-electron chi connectivity index (χ0n) is 10.6. The van der Waals surface area contributed by atoms with Crippen molar-refractivity contribution < 1.29 is 18.4 Å². The summed E-state index contributed by atoms with van der Waals surface area (Å²) in [5.74, 6) is -3.09. The van der Waals surface area contributed by atoms with Crippen LogP contribution < -0.4 is 4.90 Å². The van der Waals surface area contributed by atoms with Gasteiger partial charge >= 0.3 is 0 Å². The monoisotopic (exact) mass is 307 g/mol. The second-order valence-corrected chi connectivity index (χ2v) is 5.02. The Bertz CT molecular complexity index is 756. The number of nitrogens with zero attached hydrogens (tertiary/aromatic N) is 1. The minimum Gasteiger partial charge on any atom is -0.300 e. The first-order chi connectivity index (χ1) is 9.99. The van der Waals surface area contributed by atoms with Gasteiger partial charge in [-0.05, 0) is 30.3 Å². The molecule has 6 heteroatoms. The van der Waals surface area contributed by atoms with E-state index in [1.807, 2.05) is 0 Å². The van der Waals surface area contributed by atoms with E-state index in [-0.39, 0.29) is 17.7 Å². The van der Waals surface area contributed by atoms with E-state index < -0.39 is 23.3 Å². The topological polar surface area (TPSA) is 37.4 Å². The minimum absolute atomic E-state index is 0.143. The van der Waals surface area contributed by atoms with E-state index in [1.54, 1.807) is 0 Å². The smallest absolute Gasteiger partial charge is 0.299 e. The molecule has 0 saturated heterocycles. The molecule has 106 valence electrons. The van der Waals surface area contributed by atoms with Crippen LogP contribution in [-0.2, 0) is 11.3 Å². The molecule has 3 nitrogen and oxygen atoms in total. The third-order valence-electron chi connectivity index (χ3n) is 3.31. The van der Waals surface area contributed by atoms with Crippen LogP contribution >= 0.6 is 11.6 Å².